The van der Waals surface area contributed by atoms with Gasteiger partial charge in [0.25, 0.3) is 0 Å². The maximum atomic E-state index is 13.4. The molecular weight excluding hydrogens is 317 g/mol. The summed E-state index contributed by atoms with van der Waals surface area (Å²) in [4.78, 5) is 17.1. The predicted octanol–water partition coefficient (Wildman–Crippen LogP) is 3.11. The van der Waals surface area contributed by atoms with Crippen LogP contribution in [0.25, 0.3) is 0 Å². The maximum Gasteiger partial charge on any atom is 0.238 e. The monoisotopic (exact) mass is 341 g/mol. The topological polar surface area (TPSA) is 54.0 Å². The normalized spacial score (nSPS) is 21.3. The second-order valence-electron chi connectivity index (χ2n) is 6.82. The highest BCUT2D eigenvalue weighted by Gasteiger charge is 2.31. The van der Waals surface area contributed by atoms with Gasteiger partial charge in [0, 0.05) is 19.2 Å². The molecule has 1 aliphatic heterocycles. The van der Waals surface area contributed by atoms with Gasteiger partial charge in [0.2, 0.25) is 5.91 Å². The molecule has 1 amide bonds. The van der Waals surface area contributed by atoms with Crippen LogP contribution in [-0.4, -0.2) is 29.6 Å². The number of nitrogens with one attached hydrogen (secondary N) is 2. The van der Waals surface area contributed by atoms with E-state index < -0.39 is 12.2 Å². The molecule has 2 heterocycles. The molecule has 1 aliphatic rings. The Bertz CT molecular complexity index is 703. The van der Waals surface area contributed by atoms with E-state index in [1.165, 1.54) is 0 Å². The quantitative estimate of drug-likeness (QED) is 0.879. The molecular formula is C20H24FN3O. The van der Waals surface area contributed by atoms with E-state index in [1.54, 1.807) is 0 Å². The molecule has 1 saturated heterocycles. The van der Waals surface area contributed by atoms with E-state index in [2.05, 4.69) is 29.5 Å². The summed E-state index contributed by atoms with van der Waals surface area (Å²) in [6.45, 7) is 4.47. The van der Waals surface area contributed by atoms with Crippen molar-refractivity contribution in [3.8, 4) is 0 Å². The van der Waals surface area contributed by atoms with Crippen LogP contribution in [0.4, 0.5) is 4.39 Å². The van der Waals surface area contributed by atoms with Gasteiger partial charge in [-0.25, -0.2) is 4.39 Å². The van der Waals surface area contributed by atoms with Crippen LogP contribution in [-0.2, 0) is 4.79 Å². The fourth-order valence-electron chi connectivity index (χ4n) is 3.04. The minimum atomic E-state index is -0.964. The summed E-state index contributed by atoms with van der Waals surface area (Å²) >= 11 is 0. The van der Waals surface area contributed by atoms with Gasteiger partial charge in [0.15, 0.2) is 0 Å². The van der Waals surface area contributed by atoms with Crippen LogP contribution in [0.15, 0.2) is 48.7 Å². The Kier molecular flexibility index (Phi) is 5.43. The summed E-state index contributed by atoms with van der Waals surface area (Å²) in [5, 5.41) is 5.96. The molecule has 3 rings (SSSR count). The lowest BCUT2D eigenvalue weighted by molar-refractivity contribution is -0.123. The fourth-order valence-corrected chi connectivity index (χ4v) is 3.04. The van der Waals surface area contributed by atoms with Crippen molar-refractivity contribution in [1.82, 2.24) is 15.6 Å². The number of halogens is 1. The van der Waals surface area contributed by atoms with E-state index >= 15 is 0 Å². The van der Waals surface area contributed by atoms with Crippen molar-refractivity contribution in [2.75, 3.05) is 6.54 Å². The van der Waals surface area contributed by atoms with Gasteiger partial charge >= 0.3 is 0 Å². The van der Waals surface area contributed by atoms with Crippen molar-refractivity contribution in [2.45, 2.75) is 44.4 Å². The SMILES string of the molecule is CC(C)c1ccc(C(NC(=O)C2CC(F)CN2)c2ccccc2)nc1. The average molecular weight is 341 g/mol. The van der Waals surface area contributed by atoms with Crippen molar-refractivity contribution >= 4 is 5.91 Å². The van der Waals surface area contributed by atoms with E-state index in [1.807, 2.05) is 48.7 Å². The lowest BCUT2D eigenvalue weighted by atomic mass is 10.00. The number of carbonyl (C=O) groups is 1. The number of amides is 1. The van der Waals surface area contributed by atoms with Crippen LogP contribution in [0, 0.1) is 0 Å². The Morgan fingerprint density at radius 2 is 1.96 bits per heavy atom. The molecule has 3 atom stereocenters. The first-order chi connectivity index (χ1) is 12.0. The van der Waals surface area contributed by atoms with Gasteiger partial charge in [0.1, 0.15) is 6.17 Å². The standard InChI is InChI=1S/C20H24FN3O/c1-13(2)15-8-9-17(22-11-15)19(14-6-4-3-5-7-14)24-20(25)18-10-16(21)12-23-18/h3-9,11,13,16,18-19,23H,10,12H2,1-2H3,(H,24,25). The Morgan fingerprint density at radius 1 is 1.20 bits per heavy atom. The molecule has 25 heavy (non-hydrogen) atoms. The third-order valence-electron chi connectivity index (χ3n) is 4.58. The predicted molar refractivity (Wildman–Crippen MR) is 96.1 cm³/mol. The first kappa shape index (κ1) is 17.5. The number of carbonyl (C=O) groups excluding carboxylic acids is 1. The van der Waals surface area contributed by atoms with E-state index in [0.29, 0.717) is 5.92 Å². The second-order valence-corrected chi connectivity index (χ2v) is 6.82. The Hall–Kier alpha value is -2.27. The largest absolute Gasteiger partial charge is 0.342 e. The molecule has 0 bridgehead atoms. The highest BCUT2D eigenvalue weighted by molar-refractivity contribution is 5.83. The third-order valence-corrected chi connectivity index (χ3v) is 4.58. The van der Waals surface area contributed by atoms with Crippen LogP contribution in [0.5, 0.6) is 0 Å². The number of nitrogens with zero attached hydrogens (tertiary/aromatic N) is 1. The van der Waals surface area contributed by atoms with Gasteiger partial charge in [-0.15, -0.1) is 0 Å². The first-order valence-corrected chi connectivity index (χ1v) is 8.73. The number of alkyl halides is 1. The van der Waals surface area contributed by atoms with Gasteiger partial charge in [-0.3, -0.25) is 9.78 Å². The fraction of sp³-hybridized carbons (Fsp3) is 0.400. The number of rotatable bonds is 5. The number of aromatic nitrogens is 1. The molecule has 1 aromatic carbocycles. The smallest absolute Gasteiger partial charge is 0.238 e. The zero-order valence-electron chi connectivity index (χ0n) is 14.6. The summed E-state index contributed by atoms with van der Waals surface area (Å²) in [7, 11) is 0. The number of pyridine rings is 1. The van der Waals surface area contributed by atoms with Gasteiger partial charge in [-0.05, 0) is 23.1 Å². The molecule has 0 spiro atoms. The number of hydrogen-bond acceptors (Lipinski definition) is 3. The molecule has 4 nitrogen and oxygen atoms in total. The van der Waals surface area contributed by atoms with E-state index in [-0.39, 0.29) is 24.9 Å². The number of hydrogen-bond donors (Lipinski definition) is 2. The molecule has 2 aromatic rings. The Balaban J connectivity index is 1.84. The zero-order chi connectivity index (χ0) is 17.8. The van der Waals surface area contributed by atoms with Crippen molar-refractivity contribution in [3.63, 3.8) is 0 Å². The maximum absolute atomic E-state index is 13.4. The van der Waals surface area contributed by atoms with Gasteiger partial charge in [0.05, 0.1) is 17.8 Å². The lowest BCUT2D eigenvalue weighted by Gasteiger charge is -2.21. The third kappa shape index (κ3) is 4.23. The minimum absolute atomic E-state index is 0.191. The highest BCUT2D eigenvalue weighted by atomic mass is 19.1. The molecule has 2 N–H and O–H groups in total. The van der Waals surface area contributed by atoms with Crippen LogP contribution < -0.4 is 10.6 Å². The number of benzene rings is 1. The van der Waals surface area contributed by atoms with Crippen molar-refractivity contribution in [3.05, 3.63) is 65.5 Å². The van der Waals surface area contributed by atoms with Crippen LogP contribution >= 0.6 is 0 Å². The van der Waals surface area contributed by atoms with Gasteiger partial charge in [-0.2, -0.15) is 0 Å². The van der Waals surface area contributed by atoms with Crippen LogP contribution in [0.1, 0.15) is 49.0 Å². The molecule has 3 unspecified atom stereocenters. The molecule has 1 aromatic heterocycles. The van der Waals surface area contributed by atoms with Crippen molar-refractivity contribution < 1.29 is 9.18 Å². The first-order valence-electron chi connectivity index (χ1n) is 8.73. The highest BCUT2D eigenvalue weighted by Crippen LogP contribution is 2.23. The van der Waals surface area contributed by atoms with Gasteiger partial charge in [-0.1, -0.05) is 50.2 Å². The summed E-state index contributed by atoms with van der Waals surface area (Å²) in [5.74, 6) is 0.208. The minimum Gasteiger partial charge on any atom is -0.342 e. The summed E-state index contributed by atoms with van der Waals surface area (Å²) in [5.41, 5.74) is 2.88. The summed E-state index contributed by atoms with van der Waals surface area (Å²) < 4.78 is 13.4. The summed E-state index contributed by atoms with van der Waals surface area (Å²) in [6.07, 6.45) is 1.11. The average Bonchev–Trinajstić information content (AvgIpc) is 3.07. The van der Waals surface area contributed by atoms with Crippen LogP contribution in [0.3, 0.4) is 0 Å². The van der Waals surface area contributed by atoms with E-state index in [4.69, 9.17) is 0 Å². The molecule has 1 fully saturated rings. The second kappa shape index (κ2) is 7.74. The van der Waals surface area contributed by atoms with Crippen LogP contribution in [0.2, 0.25) is 0 Å². The van der Waals surface area contributed by atoms with E-state index in [0.717, 1.165) is 16.8 Å². The Labute approximate surface area is 147 Å². The van der Waals surface area contributed by atoms with Crippen molar-refractivity contribution in [1.29, 1.82) is 0 Å². The summed E-state index contributed by atoms with van der Waals surface area (Å²) in [6, 6.07) is 12.9. The molecule has 132 valence electrons. The lowest BCUT2D eigenvalue weighted by Crippen LogP contribution is -2.42. The zero-order valence-corrected chi connectivity index (χ0v) is 14.6. The molecule has 0 saturated carbocycles. The molecule has 0 radical (unpaired) electrons. The Morgan fingerprint density at radius 3 is 2.52 bits per heavy atom. The van der Waals surface area contributed by atoms with Gasteiger partial charge < -0.3 is 10.6 Å². The van der Waals surface area contributed by atoms with Crippen molar-refractivity contribution in [2.24, 2.45) is 0 Å². The molecule has 5 heteroatoms. The molecule has 0 aliphatic carbocycles. The van der Waals surface area contributed by atoms with E-state index in [9.17, 15) is 9.18 Å².